The van der Waals surface area contributed by atoms with Crippen molar-refractivity contribution >= 4 is 38.6 Å². The predicted molar refractivity (Wildman–Crippen MR) is 201 cm³/mol. The number of nitrogens with zero attached hydrogens (tertiary/aromatic N) is 3. The van der Waals surface area contributed by atoms with Gasteiger partial charge in [0.2, 0.25) is 21.8 Å². The van der Waals surface area contributed by atoms with E-state index < -0.39 is 50.6 Å². The topological polar surface area (TPSA) is 157 Å². The van der Waals surface area contributed by atoms with Crippen LogP contribution in [0, 0.1) is 24.7 Å². The molecule has 0 saturated heterocycles. The minimum atomic E-state index is -3.83. The molecule has 2 N–H and O–H groups in total. The molecule has 4 aliphatic rings. The summed E-state index contributed by atoms with van der Waals surface area (Å²) < 4.78 is 40.3. The molecule has 3 fully saturated rings. The standard InChI is InChI=1S/C40H49N5O7S/c1-23(2)31-12-10-13-32(41-31)33-21-35(28-16-17-34(51-5)24(3)36(28)42-33)52-26-19-29-30(20-26)38(47)45(4)18-9-7-6-8-11-25-22-40(25,43-37(29)46)39(48)44-53(49,50)27-14-15-27/h8,10-13,16-17,21,23,25-27,29-30H,6-7,9,14-15,18-20,22H2,1-5H3,(H,43,46)(H,44,48)/b11-8-. The quantitative estimate of drug-likeness (QED) is 0.297. The highest BCUT2D eigenvalue weighted by molar-refractivity contribution is 7.91. The second-order valence-corrected chi connectivity index (χ2v) is 17.4. The third kappa shape index (κ3) is 7.36. The van der Waals surface area contributed by atoms with Gasteiger partial charge in [-0.1, -0.05) is 32.1 Å². The fraction of sp³-hybridized carbons (Fsp3) is 0.525. The van der Waals surface area contributed by atoms with E-state index >= 15 is 0 Å². The Morgan fingerprint density at radius 2 is 1.81 bits per heavy atom. The molecule has 7 rings (SSSR count). The van der Waals surface area contributed by atoms with Gasteiger partial charge in [-0.3, -0.25) is 24.1 Å². The van der Waals surface area contributed by atoms with Crippen LogP contribution in [-0.4, -0.2) is 78.6 Å². The number of rotatable bonds is 8. The first-order valence-electron chi connectivity index (χ1n) is 18.7. The van der Waals surface area contributed by atoms with Crippen molar-refractivity contribution < 1.29 is 32.3 Å². The number of allylic oxidation sites excluding steroid dienone is 1. The van der Waals surface area contributed by atoms with Crippen molar-refractivity contribution in [1.82, 2.24) is 24.9 Å². The van der Waals surface area contributed by atoms with Gasteiger partial charge in [0, 0.05) is 42.2 Å². The first kappa shape index (κ1) is 36.8. The molecule has 0 radical (unpaired) electrons. The Kier molecular flexibility index (Phi) is 9.99. The summed E-state index contributed by atoms with van der Waals surface area (Å²) in [7, 11) is -0.453. The van der Waals surface area contributed by atoms with Crippen molar-refractivity contribution in [3.63, 3.8) is 0 Å². The number of fused-ring (bicyclic) bond motifs is 3. The van der Waals surface area contributed by atoms with E-state index in [1.807, 2.05) is 55.5 Å². The molecule has 1 aliphatic heterocycles. The van der Waals surface area contributed by atoms with Crippen molar-refractivity contribution in [2.75, 3.05) is 20.7 Å². The SMILES string of the molecule is COc1ccc2c(OC3CC4C(=O)NC5(C(=O)NS(=O)(=O)C6CC6)CC5/C=C\CCCCN(C)C(=O)C4C3)cc(-c3cccc(C(C)C)n3)nc2c1C. The minimum Gasteiger partial charge on any atom is -0.496 e. The molecule has 0 bridgehead atoms. The summed E-state index contributed by atoms with van der Waals surface area (Å²) in [5.74, 6) is -1.72. The van der Waals surface area contributed by atoms with E-state index in [1.54, 1.807) is 19.1 Å². The highest BCUT2D eigenvalue weighted by Gasteiger charge is 2.62. The number of nitrogens with one attached hydrogen (secondary N) is 2. The zero-order valence-corrected chi connectivity index (χ0v) is 31.9. The predicted octanol–water partition coefficient (Wildman–Crippen LogP) is 5.19. The number of sulfonamides is 1. The average molecular weight is 744 g/mol. The van der Waals surface area contributed by atoms with E-state index in [4.69, 9.17) is 19.4 Å². The molecular formula is C40H49N5O7S. The fourth-order valence-electron chi connectivity index (χ4n) is 7.82. The Morgan fingerprint density at radius 3 is 2.55 bits per heavy atom. The first-order valence-corrected chi connectivity index (χ1v) is 20.3. The molecule has 0 spiro atoms. The number of benzene rings is 1. The van der Waals surface area contributed by atoms with Crippen molar-refractivity contribution in [3.05, 3.63) is 59.8 Å². The number of amides is 3. The summed E-state index contributed by atoms with van der Waals surface area (Å²) in [6.45, 7) is 6.67. The van der Waals surface area contributed by atoms with Crippen molar-refractivity contribution in [1.29, 1.82) is 0 Å². The normalized spacial score (nSPS) is 27.0. The number of ether oxygens (including phenoxy) is 2. The highest BCUT2D eigenvalue weighted by Crippen LogP contribution is 2.47. The van der Waals surface area contributed by atoms with Crippen LogP contribution in [0.15, 0.2) is 48.6 Å². The number of methoxy groups -OCH3 is 1. The van der Waals surface area contributed by atoms with Gasteiger partial charge < -0.3 is 19.7 Å². The number of hydrogen-bond acceptors (Lipinski definition) is 9. The Balaban J connectivity index is 1.22. The Bertz CT molecular complexity index is 2080. The third-order valence-electron chi connectivity index (χ3n) is 11.3. The van der Waals surface area contributed by atoms with Crippen LogP contribution in [0.4, 0.5) is 0 Å². The number of aryl methyl sites for hydroxylation is 1. The van der Waals surface area contributed by atoms with Crippen molar-refractivity contribution in [3.8, 4) is 22.9 Å². The van der Waals surface area contributed by atoms with E-state index in [9.17, 15) is 22.8 Å². The maximum absolute atomic E-state index is 14.3. The van der Waals surface area contributed by atoms with Crippen LogP contribution in [0.2, 0.25) is 0 Å². The molecule has 3 saturated carbocycles. The second kappa shape index (κ2) is 14.4. The van der Waals surface area contributed by atoms with Gasteiger partial charge in [-0.15, -0.1) is 0 Å². The summed E-state index contributed by atoms with van der Waals surface area (Å²) in [4.78, 5) is 53.6. The molecule has 3 amide bonds. The van der Waals surface area contributed by atoms with Crippen LogP contribution >= 0.6 is 0 Å². The zero-order chi connectivity index (χ0) is 37.7. The van der Waals surface area contributed by atoms with Crippen LogP contribution in [0.3, 0.4) is 0 Å². The number of pyridine rings is 2. The lowest BCUT2D eigenvalue weighted by Crippen LogP contribution is -2.54. The van der Waals surface area contributed by atoms with Gasteiger partial charge in [-0.2, -0.15) is 0 Å². The minimum absolute atomic E-state index is 0.151. The molecule has 5 unspecified atom stereocenters. The molecule has 3 aliphatic carbocycles. The molecule has 5 atom stereocenters. The maximum atomic E-state index is 14.3. The van der Waals surface area contributed by atoms with Crippen LogP contribution in [0.1, 0.15) is 82.4 Å². The number of carbonyl (C=O) groups is 3. The van der Waals surface area contributed by atoms with Crippen molar-refractivity contribution in [2.24, 2.45) is 17.8 Å². The number of hydrogen-bond donors (Lipinski definition) is 2. The first-order chi connectivity index (χ1) is 25.3. The van der Waals surface area contributed by atoms with Crippen LogP contribution < -0.4 is 19.5 Å². The summed E-state index contributed by atoms with van der Waals surface area (Å²) in [6, 6.07) is 11.5. The third-order valence-corrected chi connectivity index (χ3v) is 13.1. The van der Waals surface area contributed by atoms with Gasteiger partial charge >= 0.3 is 0 Å². The lowest BCUT2D eigenvalue weighted by molar-refractivity contribution is -0.140. The highest BCUT2D eigenvalue weighted by atomic mass is 32.2. The second-order valence-electron chi connectivity index (χ2n) is 15.5. The van der Waals surface area contributed by atoms with Crippen LogP contribution in [0.5, 0.6) is 11.5 Å². The summed E-state index contributed by atoms with van der Waals surface area (Å²) in [6.07, 6.45) is 7.57. The Labute approximate surface area is 311 Å². The largest absolute Gasteiger partial charge is 0.496 e. The molecule has 3 aromatic rings. The van der Waals surface area contributed by atoms with E-state index in [0.717, 1.165) is 35.9 Å². The summed E-state index contributed by atoms with van der Waals surface area (Å²) in [5.41, 5.74) is 2.39. The maximum Gasteiger partial charge on any atom is 0.259 e. The Hall–Kier alpha value is -4.52. The van der Waals surface area contributed by atoms with Gasteiger partial charge in [-0.05, 0) is 88.5 Å². The van der Waals surface area contributed by atoms with Crippen LogP contribution in [-0.2, 0) is 24.4 Å². The van der Waals surface area contributed by atoms with E-state index in [2.05, 4.69) is 23.9 Å². The summed E-state index contributed by atoms with van der Waals surface area (Å²) >= 11 is 0. The van der Waals surface area contributed by atoms with Gasteiger partial charge in [0.05, 0.1) is 41.1 Å². The van der Waals surface area contributed by atoms with E-state index in [-0.39, 0.29) is 37.0 Å². The van der Waals surface area contributed by atoms with E-state index in [0.29, 0.717) is 47.8 Å². The monoisotopic (exact) mass is 743 g/mol. The molecule has 282 valence electrons. The molecular weight excluding hydrogens is 695 g/mol. The molecule has 53 heavy (non-hydrogen) atoms. The number of aromatic nitrogens is 2. The Morgan fingerprint density at radius 1 is 1.04 bits per heavy atom. The zero-order valence-electron chi connectivity index (χ0n) is 31.1. The smallest absolute Gasteiger partial charge is 0.259 e. The molecule has 2 aromatic heterocycles. The van der Waals surface area contributed by atoms with Gasteiger partial charge in [-0.25, -0.2) is 13.4 Å². The van der Waals surface area contributed by atoms with E-state index in [1.165, 1.54) is 0 Å². The molecule has 3 heterocycles. The van der Waals surface area contributed by atoms with Crippen LogP contribution in [0.25, 0.3) is 22.3 Å². The lowest BCUT2D eigenvalue weighted by atomic mass is 9.93. The molecule has 13 heteroatoms. The fourth-order valence-corrected chi connectivity index (χ4v) is 9.18. The van der Waals surface area contributed by atoms with Gasteiger partial charge in [0.25, 0.3) is 5.91 Å². The van der Waals surface area contributed by atoms with Crippen molar-refractivity contribution in [2.45, 2.75) is 94.9 Å². The molecule has 1 aromatic carbocycles. The number of carbonyl (C=O) groups excluding carboxylic acids is 3. The average Bonchev–Trinajstić information content (AvgIpc) is 4.06. The summed E-state index contributed by atoms with van der Waals surface area (Å²) in [5, 5.41) is 3.14. The molecule has 12 nitrogen and oxygen atoms in total. The van der Waals surface area contributed by atoms with Gasteiger partial charge in [0.15, 0.2) is 0 Å². The lowest BCUT2D eigenvalue weighted by Gasteiger charge is -2.26. The van der Waals surface area contributed by atoms with Gasteiger partial charge in [0.1, 0.15) is 23.1 Å².